The van der Waals surface area contributed by atoms with Crippen LogP contribution in [0.2, 0.25) is 0 Å². The van der Waals surface area contributed by atoms with Gasteiger partial charge in [0.15, 0.2) is 5.41 Å². The van der Waals surface area contributed by atoms with Gasteiger partial charge in [-0.05, 0) is 12.5 Å². The van der Waals surface area contributed by atoms with E-state index in [9.17, 15) is 18.0 Å². The first-order valence-electron chi connectivity index (χ1n) is 5.39. The van der Waals surface area contributed by atoms with Crippen LogP contribution < -0.4 is 0 Å². The molecule has 1 aliphatic rings. The van der Waals surface area contributed by atoms with Crippen LogP contribution in [0.25, 0.3) is 0 Å². The highest BCUT2D eigenvalue weighted by Crippen LogP contribution is 2.45. The van der Waals surface area contributed by atoms with Gasteiger partial charge in [-0.1, -0.05) is 0 Å². The van der Waals surface area contributed by atoms with E-state index in [1.807, 2.05) is 0 Å². The van der Waals surface area contributed by atoms with Crippen LogP contribution in [-0.4, -0.2) is 35.2 Å². The van der Waals surface area contributed by atoms with Crippen molar-refractivity contribution in [2.45, 2.75) is 19.1 Å². The molecule has 1 fully saturated rings. The lowest BCUT2D eigenvalue weighted by molar-refractivity contribution is -0.227. The molecule has 1 aromatic rings. The second-order valence-electron chi connectivity index (χ2n) is 4.48. The monoisotopic (exact) mass is 263 g/mol. The Labute approximate surface area is 101 Å². The smallest absolute Gasteiger partial charge is 0.406 e. The molecule has 2 heterocycles. The Morgan fingerprint density at radius 2 is 2.28 bits per heavy atom. The largest absolute Gasteiger partial charge is 0.481 e. The average Bonchev–Trinajstić information content (AvgIpc) is 2.86. The third-order valence-electron chi connectivity index (χ3n) is 3.29. The maximum atomic E-state index is 12.9. The van der Waals surface area contributed by atoms with E-state index in [4.69, 9.17) is 9.52 Å². The lowest BCUT2D eigenvalue weighted by Gasteiger charge is -2.27. The second-order valence-corrected chi connectivity index (χ2v) is 4.48. The Kier molecular flexibility index (Phi) is 3.10. The van der Waals surface area contributed by atoms with Crippen molar-refractivity contribution in [3.63, 3.8) is 0 Å². The van der Waals surface area contributed by atoms with E-state index in [0.29, 0.717) is 0 Å². The molecule has 0 saturated carbocycles. The first-order valence-corrected chi connectivity index (χ1v) is 5.39. The first-order chi connectivity index (χ1) is 8.35. The summed E-state index contributed by atoms with van der Waals surface area (Å²) in [5, 5.41) is 8.88. The SMILES string of the molecule is O=C(O)C1(C(F)(F)F)CCN(Cc2ccoc2)C1. The van der Waals surface area contributed by atoms with E-state index >= 15 is 0 Å². The molecule has 1 N–H and O–H groups in total. The van der Waals surface area contributed by atoms with Crippen LogP contribution in [0.15, 0.2) is 23.0 Å². The zero-order valence-corrected chi connectivity index (χ0v) is 9.41. The zero-order valence-electron chi connectivity index (χ0n) is 9.41. The molecule has 2 rings (SSSR count). The van der Waals surface area contributed by atoms with Crippen molar-refractivity contribution in [1.29, 1.82) is 0 Å². The van der Waals surface area contributed by atoms with Gasteiger partial charge in [0.1, 0.15) is 0 Å². The molecule has 0 aliphatic carbocycles. The molecule has 1 aliphatic heterocycles. The van der Waals surface area contributed by atoms with Gasteiger partial charge in [-0.3, -0.25) is 9.69 Å². The Hall–Kier alpha value is -1.50. The molecule has 0 amide bonds. The summed E-state index contributed by atoms with van der Waals surface area (Å²) in [5.74, 6) is -1.80. The van der Waals surface area contributed by atoms with Gasteiger partial charge in [0.05, 0.1) is 12.5 Å². The van der Waals surface area contributed by atoms with Crippen molar-refractivity contribution < 1.29 is 27.5 Å². The number of rotatable bonds is 3. The van der Waals surface area contributed by atoms with E-state index in [0.717, 1.165) is 5.56 Å². The summed E-state index contributed by atoms with van der Waals surface area (Å²) in [4.78, 5) is 12.4. The molecule has 0 aromatic carbocycles. The highest BCUT2D eigenvalue weighted by Gasteiger charge is 2.63. The number of hydrogen-bond donors (Lipinski definition) is 1. The number of aliphatic carboxylic acids is 1. The van der Waals surface area contributed by atoms with Crippen LogP contribution in [0.1, 0.15) is 12.0 Å². The Morgan fingerprint density at radius 1 is 1.56 bits per heavy atom. The number of carbonyl (C=O) groups is 1. The van der Waals surface area contributed by atoms with Gasteiger partial charge < -0.3 is 9.52 Å². The second kappa shape index (κ2) is 4.31. The molecule has 1 unspecified atom stereocenters. The molecule has 7 heteroatoms. The van der Waals surface area contributed by atoms with Crippen LogP contribution in [0.3, 0.4) is 0 Å². The van der Waals surface area contributed by atoms with Crippen molar-refractivity contribution >= 4 is 5.97 Å². The highest BCUT2D eigenvalue weighted by atomic mass is 19.4. The molecule has 0 radical (unpaired) electrons. The molecular formula is C11H12F3NO3. The summed E-state index contributed by atoms with van der Waals surface area (Å²) in [6.07, 6.45) is -2.28. The minimum Gasteiger partial charge on any atom is -0.481 e. The third kappa shape index (κ3) is 2.10. The van der Waals surface area contributed by atoms with Crippen LogP contribution in [0.4, 0.5) is 13.2 Å². The van der Waals surface area contributed by atoms with Gasteiger partial charge in [0.2, 0.25) is 0 Å². The number of alkyl halides is 3. The van der Waals surface area contributed by atoms with E-state index in [-0.39, 0.29) is 13.1 Å². The standard InChI is InChI=1S/C11H12F3NO3/c12-11(13,14)10(9(16)17)2-3-15(7-10)5-8-1-4-18-6-8/h1,4,6H,2-3,5,7H2,(H,16,17). The van der Waals surface area contributed by atoms with Crippen molar-refractivity contribution in [2.24, 2.45) is 5.41 Å². The molecule has 1 atom stereocenters. The number of carboxylic acid groups (broad SMARTS) is 1. The van der Waals surface area contributed by atoms with Gasteiger partial charge in [-0.15, -0.1) is 0 Å². The predicted molar refractivity (Wildman–Crippen MR) is 54.7 cm³/mol. The van der Waals surface area contributed by atoms with Gasteiger partial charge in [0, 0.05) is 25.2 Å². The number of hydrogen-bond acceptors (Lipinski definition) is 3. The Bertz CT molecular complexity index is 429. The van der Waals surface area contributed by atoms with Crippen LogP contribution >= 0.6 is 0 Å². The van der Waals surface area contributed by atoms with Crippen LogP contribution in [0, 0.1) is 5.41 Å². The minimum absolute atomic E-state index is 0.108. The zero-order chi connectivity index (χ0) is 13.4. The fourth-order valence-electron chi connectivity index (χ4n) is 2.19. The van der Waals surface area contributed by atoms with Crippen molar-refractivity contribution in [3.05, 3.63) is 24.2 Å². The van der Waals surface area contributed by atoms with Gasteiger partial charge >= 0.3 is 12.1 Å². The first kappa shape index (κ1) is 12.9. The van der Waals surface area contributed by atoms with Crippen molar-refractivity contribution in [1.82, 2.24) is 4.90 Å². The molecule has 0 bridgehead atoms. The highest BCUT2D eigenvalue weighted by molar-refractivity contribution is 5.76. The Morgan fingerprint density at radius 3 is 2.72 bits per heavy atom. The number of nitrogens with zero attached hydrogens (tertiary/aromatic N) is 1. The summed E-state index contributed by atoms with van der Waals surface area (Å²) >= 11 is 0. The summed E-state index contributed by atoms with van der Waals surface area (Å²) in [5.41, 5.74) is -1.91. The van der Waals surface area contributed by atoms with Crippen LogP contribution in [-0.2, 0) is 11.3 Å². The maximum absolute atomic E-state index is 12.9. The minimum atomic E-state index is -4.73. The molecule has 1 aromatic heterocycles. The van der Waals surface area contributed by atoms with Gasteiger partial charge in [-0.2, -0.15) is 13.2 Å². The lowest BCUT2D eigenvalue weighted by Crippen LogP contribution is -2.47. The van der Waals surface area contributed by atoms with Gasteiger partial charge in [-0.25, -0.2) is 0 Å². The molecule has 18 heavy (non-hydrogen) atoms. The fourth-order valence-corrected chi connectivity index (χ4v) is 2.19. The van der Waals surface area contributed by atoms with E-state index < -0.39 is 30.5 Å². The molecule has 1 saturated heterocycles. The third-order valence-corrected chi connectivity index (χ3v) is 3.29. The summed E-state index contributed by atoms with van der Waals surface area (Å²) in [6.45, 7) is -0.143. The summed E-state index contributed by atoms with van der Waals surface area (Å²) in [7, 11) is 0. The van der Waals surface area contributed by atoms with E-state index in [1.165, 1.54) is 17.4 Å². The summed E-state index contributed by atoms with van der Waals surface area (Å²) in [6, 6.07) is 1.65. The molecule has 0 spiro atoms. The molecule has 4 nitrogen and oxygen atoms in total. The number of halogens is 3. The topological polar surface area (TPSA) is 53.7 Å². The normalized spacial score (nSPS) is 25.5. The summed E-state index contributed by atoms with van der Waals surface area (Å²) < 4.78 is 43.5. The van der Waals surface area contributed by atoms with Crippen molar-refractivity contribution in [3.8, 4) is 0 Å². The quantitative estimate of drug-likeness (QED) is 0.907. The maximum Gasteiger partial charge on any atom is 0.406 e. The van der Waals surface area contributed by atoms with E-state index in [2.05, 4.69) is 0 Å². The molecule has 100 valence electrons. The van der Waals surface area contributed by atoms with E-state index in [1.54, 1.807) is 6.07 Å². The Balaban J connectivity index is 2.12. The lowest BCUT2D eigenvalue weighted by atomic mass is 9.86. The van der Waals surface area contributed by atoms with Crippen molar-refractivity contribution in [2.75, 3.05) is 13.1 Å². The number of furan rings is 1. The van der Waals surface area contributed by atoms with Gasteiger partial charge in [0.25, 0.3) is 0 Å². The number of likely N-dealkylation sites (tertiary alicyclic amines) is 1. The predicted octanol–water partition coefficient (Wildman–Crippen LogP) is 2.12. The fraction of sp³-hybridized carbons (Fsp3) is 0.545. The van der Waals surface area contributed by atoms with Crippen LogP contribution in [0.5, 0.6) is 0 Å². The average molecular weight is 263 g/mol. The molecular weight excluding hydrogens is 251 g/mol. The number of carboxylic acids is 1.